The van der Waals surface area contributed by atoms with E-state index < -0.39 is 0 Å². The summed E-state index contributed by atoms with van der Waals surface area (Å²) in [6.45, 7) is 0. The molecule has 13 aromatic rings. The molecule has 0 aliphatic rings. The van der Waals surface area contributed by atoms with E-state index in [2.05, 4.69) is 172 Å². The van der Waals surface area contributed by atoms with E-state index in [9.17, 15) is 0 Å². The number of nitrogens with zero attached hydrogens (tertiary/aromatic N) is 6. The number of aromatic nitrogens is 6. The van der Waals surface area contributed by atoms with E-state index >= 15 is 0 Å². The summed E-state index contributed by atoms with van der Waals surface area (Å²) in [7, 11) is 0. The van der Waals surface area contributed by atoms with Crippen molar-refractivity contribution in [2.24, 2.45) is 0 Å². The van der Waals surface area contributed by atoms with Gasteiger partial charge >= 0.3 is 0 Å². The van der Waals surface area contributed by atoms with Crippen molar-refractivity contribution in [2.75, 3.05) is 0 Å². The van der Waals surface area contributed by atoms with Crippen LogP contribution < -0.4 is 0 Å². The number of furan rings is 1. The summed E-state index contributed by atoms with van der Waals surface area (Å²) in [5, 5.41) is 5.63. The SMILES string of the molecule is c1ccc(-c2cc(-c3ccccc3)nc(-n3c4ccccc4c4cc(-c5ccc6c(c5)c5ccccc5n6-c5cncc(-c6ccc7oc8cccnc8c7c6)c5)ccc43)n2)cc1. The zero-order valence-corrected chi connectivity index (χ0v) is 33.7. The van der Waals surface area contributed by atoms with Crippen LogP contribution in [0.5, 0.6) is 0 Å². The molecule has 0 aliphatic heterocycles. The minimum absolute atomic E-state index is 0.634. The summed E-state index contributed by atoms with van der Waals surface area (Å²) in [5.41, 5.74) is 16.0. The average molecular weight is 807 g/mol. The molecule has 0 radical (unpaired) electrons. The largest absolute Gasteiger partial charge is 0.454 e. The van der Waals surface area contributed by atoms with Crippen LogP contribution >= 0.6 is 0 Å². The van der Waals surface area contributed by atoms with Crippen molar-refractivity contribution in [1.29, 1.82) is 0 Å². The predicted molar refractivity (Wildman–Crippen MR) is 255 cm³/mol. The maximum absolute atomic E-state index is 6.07. The second-order valence-electron chi connectivity index (χ2n) is 15.9. The van der Waals surface area contributed by atoms with Gasteiger partial charge in [-0.3, -0.25) is 14.5 Å². The first-order valence-corrected chi connectivity index (χ1v) is 21.0. The number of hydrogen-bond donors (Lipinski definition) is 0. The lowest BCUT2D eigenvalue weighted by atomic mass is 10.0. The molecule has 7 aromatic carbocycles. The van der Waals surface area contributed by atoms with Gasteiger partial charge in [-0.2, -0.15) is 0 Å². The molecule has 0 atom stereocenters. The molecule has 6 heterocycles. The van der Waals surface area contributed by atoms with Crippen molar-refractivity contribution < 1.29 is 4.42 Å². The first-order valence-electron chi connectivity index (χ1n) is 21.0. The average Bonchev–Trinajstić information content (AvgIpc) is 4.01. The lowest BCUT2D eigenvalue weighted by Gasteiger charge is -2.12. The summed E-state index contributed by atoms with van der Waals surface area (Å²) in [6.07, 6.45) is 5.68. The lowest BCUT2D eigenvalue weighted by Crippen LogP contribution is -2.03. The quantitative estimate of drug-likeness (QED) is 0.167. The molecule has 294 valence electrons. The molecule has 7 nitrogen and oxygen atoms in total. The van der Waals surface area contributed by atoms with Crippen molar-refractivity contribution in [1.82, 2.24) is 29.1 Å². The Kier molecular flexibility index (Phi) is 7.77. The summed E-state index contributed by atoms with van der Waals surface area (Å²) in [6, 6.07) is 65.8. The van der Waals surface area contributed by atoms with Crippen molar-refractivity contribution in [3.8, 4) is 56.4 Å². The maximum Gasteiger partial charge on any atom is 0.235 e. The molecule has 0 unspecified atom stereocenters. The molecule has 0 saturated heterocycles. The van der Waals surface area contributed by atoms with Crippen LogP contribution in [-0.4, -0.2) is 29.1 Å². The molecule has 7 heteroatoms. The maximum atomic E-state index is 6.07. The van der Waals surface area contributed by atoms with Crippen molar-refractivity contribution >= 4 is 65.7 Å². The fourth-order valence-electron chi connectivity index (χ4n) is 9.33. The summed E-state index contributed by atoms with van der Waals surface area (Å²) in [4.78, 5) is 19.8. The number of hydrogen-bond acceptors (Lipinski definition) is 5. The van der Waals surface area contributed by atoms with Crippen molar-refractivity contribution in [2.45, 2.75) is 0 Å². The molecule has 0 spiro atoms. The normalized spacial score (nSPS) is 11.8. The Balaban J connectivity index is 0.938. The van der Waals surface area contributed by atoms with Gasteiger partial charge in [0, 0.05) is 56.0 Å². The van der Waals surface area contributed by atoms with Gasteiger partial charge in [0.15, 0.2) is 5.58 Å². The molecule has 13 rings (SSSR count). The van der Waals surface area contributed by atoms with Gasteiger partial charge in [-0.05, 0) is 89.5 Å². The van der Waals surface area contributed by atoms with Crippen molar-refractivity contribution in [3.63, 3.8) is 0 Å². The molecule has 0 amide bonds. The van der Waals surface area contributed by atoms with Gasteiger partial charge in [0.1, 0.15) is 11.1 Å². The van der Waals surface area contributed by atoms with E-state index in [1.165, 1.54) is 10.8 Å². The number of rotatable bonds is 6. The Morgan fingerprint density at radius 3 is 1.60 bits per heavy atom. The highest BCUT2D eigenvalue weighted by molar-refractivity contribution is 6.13. The van der Waals surface area contributed by atoms with Crippen LogP contribution in [0.3, 0.4) is 0 Å². The summed E-state index contributed by atoms with van der Waals surface area (Å²) in [5.74, 6) is 0.634. The van der Waals surface area contributed by atoms with Crippen LogP contribution in [0.4, 0.5) is 0 Å². The lowest BCUT2D eigenvalue weighted by molar-refractivity contribution is 0.668. The smallest absolute Gasteiger partial charge is 0.235 e. The third kappa shape index (κ3) is 5.67. The fraction of sp³-hybridized carbons (Fsp3) is 0. The number of para-hydroxylation sites is 2. The molecule has 6 aromatic heterocycles. The van der Waals surface area contributed by atoms with E-state index in [-0.39, 0.29) is 0 Å². The first-order chi connectivity index (χ1) is 31.2. The molecule has 0 fully saturated rings. The molecule has 0 bridgehead atoms. The fourth-order valence-corrected chi connectivity index (χ4v) is 9.33. The van der Waals surface area contributed by atoms with Crippen LogP contribution in [-0.2, 0) is 0 Å². The Morgan fingerprint density at radius 2 is 0.921 bits per heavy atom. The Morgan fingerprint density at radius 1 is 0.365 bits per heavy atom. The number of fused-ring (bicyclic) bond motifs is 9. The zero-order chi connectivity index (χ0) is 41.4. The van der Waals surface area contributed by atoms with E-state index in [4.69, 9.17) is 19.4 Å². The Labute approximate surface area is 360 Å². The summed E-state index contributed by atoms with van der Waals surface area (Å²) >= 11 is 0. The van der Waals surface area contributed by atoms with Crippen LogP contribution in [0.2, 0.25) is 0 Å². The van der Waals surface area contributed by atoms with Gasteiger partial charge < -0.3 is 8.98 Å². The van der Waals surface area contributed by atoms with Gasteiger partial charge in [-0.25, -0.2) is 9.97 Å². The second kappa shape index (κ2) is 13.9. The standard InChI is InChI=1S/C56H34N6O/c1-3-12-35(13-4-1)47-32-48(36-14-5-2-6-15-36)60-56(59-47)62-50-19-10-8-17-43(50)45-30-38(22-25-52(45)62)37-21-24-51-44(29-37)42-16-7-9-18-49(42)61(51)41-28-40(33-57-34-41)39-23-26-53-46(31-39)55-54(63-53)20-11-27-58-55/h1-34H. The minimum atomic E-state index is 0.634. The number of pyridine rings is 2. The zero-order valence-electron chi connectivity index (χ0n) is 33.7. The van der Waals surface area contributed by atoms with E-state index in [0.717, 1.165) is 105 Å². The van der Waals surface area contributed by atoms with Crippen molar-refractivity contribution in [3.05, 3.63) is 207 Å². The highest BCUT2D eigenvalue weighted by atomic mass is 16.3. The van der Waals surface area contributed by atoms with Crippen LogP contribution in [0.1, 0.15) is 0 Å². The van der Waals surface area contributed by atoms with E-state index in [0.29, 0.717) is 5.95 Å². The molecular formula is C56H34N6O. The Bertz CT molecular complexity index is 3860. The monoisotopic (exact) mass is 806 g/mol. The van der Waals surface area contributed by atoms with Gasteiger partial charge in [-0.1, -0.05) is 115 Å². The topological polar surface area (TPSA) is 74.6 Å². The van der Waals surface area contributed by atoms with Gasteiger partial charge in [0.25, 0.3) is 0 Å². The predicted octanol–water partition coefficient (Wildman–Crippen LogP) is 14.0. The number of benzene rings is 7. The second-order valence-corrected chi connectivity index (χ2v) is 15.9. The molecule has 0 N–H and O–H groups in total. The Hall–Kier alpha value is -8.68. The third-order valence-corrected chi connectivity index (χ3v) is 12.3. The highest BCUT2D eigenvalue weighted by Crippen LogP contribution is 2.39. The molecule has 63 heavy (non-hydrogen) atoms. The highest BCUT2D eigenvalue weighted by Gasteiger charge is 2.19. The first kappa shape index (κ1) is 35.1. The van der Waals surface area contributed by atoms with Crippen LogP contribution in [0.25, 0.3) is 122 Å². The summed E-state index contributed by atoms with van der Waals surface area (Å²) < 4.78 is 10.6. The van der Waals surface area contributed by atoms with Gasteiger partial charge in [0.2, 0.25) is 5.95 Å². The minimum Gasteiger partial charge on any atom is -0.454 e. The van der Waals surface area contributed by atoms with E-state index in [1.807, 2.05) is 42.7 Å². The van der Waals surface area contributed by atoms with Crippen LogP contribution in [0, 0.1) is 0 Å². The molecular weight excluding hydrogens is 773 g/mol. The third-order valence-electron chi connectivity index (χ3n) is 12.3. The van der Waals surface area contributed by atoms with Crippen LogP contribution in [0.15, 0.2) is 211 Å². The van der Waals surface area contributed by atoms with E-state index in [1.54, 1.807) is 6.20 Å². The van der Waals surface area contributed by atoms with Gasteiger partial charge in [0.05, 0.1) is 45.3 Å². The molecule has 0 saturated carbocycles. The molecule has 0 aliphatic carbocycles. The van der Waals surface area contributed by atoms with Gasteiger partial charge in [-0.15, -0.1) is 0 Å².